The zero-order valence-electron chi connectivity index (χ0n) is 14.8. The number of hydrogen-bond donors (Lipinski definition) is 2. The number of nitrogens with one attached hydrogen (secondary N) is 1. The Balaban J connectivity index is 1.62. The van der Waals surface area contributed by atoms with E-state index in [1.54, 1.807) is 54.1 Å². The molecule has 0 spiro atoms. The average Bonchev–Trinajstić information content (AvgIpc) is 3.10. The van der Waals surface area contributed by atoms with Gasteiger partial charge in [-0.25, -0.2) is 9.97 Å². The van der Waals surface area contributed by atoms with Gasteiger partial charge in [0.15, 0.2) is 5.82 Å². The average molecular weight is 415 g/mol. The SMILES string of the molecule is CC(O)n1ccc2ncnc(Nc3ccc(Oc4cccc(Cl)c4)c(Cl)c3)c21. The third-order valence-corrected chi connectivity index (χ3v) is 4.65. The molecule has 6 nitrogen and oxygen atoms in total. The van der Waals surface area contributed by atoms with E-state index >= 15 is 0 Å². The molecule has 0 aliphatic heterocycles. The molecule has 2 N–H and O–H groups in total. The summed E-state index contributed by atoms with van der Waals surface area (Å²) in [6.45, 7) is 1.68. The minimum atomic E-state index is -0.707. The molecule has 0 fully saturated rings. The summed E-state index contributed by atoms with van der Waals surface area (Å²) in [5.41, 5.74) is 2.15. The van der Waals surface area contributed by atoms with E-state index in [1.165, 1.54) is 6.33 Å². The summed E-state index contributed by atoms with van der Waals surface area (Å²) in [5.74, 6) is 1.67. The van der Waals surface area contributed by atoms with Crippen molar-refractivity contribution < 1.29 is 9.84 Å². The van der Waals surface area contributed by atoms with E-state index in [4.69, 9.17) is 27.9 Å². The molecule has 0 aliphatic rings. The van der Waals surface area contributed by atoms with Crippen molar-refractivity contribution in [2.24, 2.45) is 0 Å². The van der Waals surface area contributed by atoms with Crippen LogP contribution in [0, 0.1) is 0 Å². The van der Waals surface area contributed by atoms with Gasteiger partial charge in [-0.3, -0.25) is 0 Å². The van der Waals surface area contributed by atoms with Crippen LogP contribution in [0.5, 0.6) is 11.5 Å². The third-order valence-electron chi connectivity index (χ3n) is 4.12. The summed E-state index contributed by atoms with van der Waals surface area (Å²) in [6, 6.07) is 14.2. The van der Waals surface area contributed by atoms with Crippen molar-refractivity contribution >= 4 is 45.7 Å². The molecule has 0 aliphatic carbocycles. The van der Waals surface area contributed by atoms with Crippen molar-refractivity contribution in [3.8, 4) is 11.5 Å². The molecule has 0 saturated carbocycles. The molecule has 28 heavy (non-hydrogen) atoms. The first-order chi connectivity index (χ1) is 13.5. The molecule has 8 heteroatoms. The monoisotopic (exact) mass is 414 g/mol. The van der Waals surface area contributed by atoms with Crippen LogP contribution in [0.3, 0.4) is 0 Å². The predicted molar refractivity (Wildman–Crippen MR) is 111 cm³/mol. The highest BCUT2D eigenvalue weighted by atomic mass is 35.5. The van der Waals surface area contributed by atoms with Crippen molar-refractivity contribution in [3.63, 3.8) is 0 Å². The molecule has 2 aromatic carbocycles. The van der Waals surface area contributed by atoms with Crippen LogP contribution in [0.2, 0.25) is 10.0 Å². The Hall–Kier alpha value is -2.80. The molecule has 142 valence electrons. The lowest BCUT2D eigenvalue weighted by Gasteiger charge is -2.13. The maximum absolute atomic E-state index is 9.97. The fourth-order valence-corrected chi connectivity index (χ4v) is 3.25. The van der Waals surface area contributed by atoms with Crippen LogP contribution in [-0.4, -0.2) is 19.6 Å². The second-order valence-corrected chi connectivity index (χ2v) is 6.98. The zero-order chi connectivity index (χ0) is 19.7. The molecular weight excluding hydrogens is 399 g/mol. The smallest absolute Gasteiger partial charge is 0.158 e. The number of aliphatic hydroxyl groups excluding tert-OH is 1. The van der Waals surface area contributed by atoms with Crippen LogP contribution in [0.15, 0.2) is 61.1 Å². The topological polar surface area (TPSA) is 72.2 Å². The standard InChI is InChI=1S/C20H16Cl2N4O2/c1-12(27)26-8-7-17-19(26)20(24-11-23-17)25-14-5-6-18(16(22)10-14)28-15-4-2-3-13(21)9-15/h2-12,27H,1H3,(H,23,24,25). The summed E-state index contributed by atoms with van der Waals surface area (Å²) < 4.78 is 7.49. The molecule has 0 saturated heterocycles. The minimum absolute atomic E-state index is 0.432. The fraction of sp³-hybridized carbons (Fsp3) is 0.100. The van der Waals surface area contributed by atoms with Crippen LogP contribution >= 0.6 is 23.2 Å². The highest BCUT2D eigenvalue weighted by Gasteiger charge is 2.13. The maximum atomic E-state index is 9.97. The Kier molecular flexibility index (Phi) is 5.09. The Morgan fingerprint density at radius 2 is 1.96 bits per heavy atom. The largest absolute Gasteiger partial charge is 0.456 e. The summed E-state index contributed by atoms with van der Waals surface area (Å²) in [5, 5.41) is 14.2. The highest BCUT2D eigenvalue weighted by Crippen LogP contribution is 2.34. The second kappa shape index (κ2) is 7.67. The number of benzene rings is 2. The van der Waals surface area contributed by atoms with Crippen molar-refractivity contribution in [1.29, 1.82) is 0 Å². The van der Waals surface area contributed by atoms with Crippen molar-refractivity contribution in [2.75, 3.05) is 5.32 Å². The molecular formula is C20H16Cl2N4O2. The normalized spacial score (nSPS) is 12.1. The van der Waals surface area contributed by atoms with Crippen molar-refractivity contribution in [1.82, 2.24) is 14.5 Å². The van der Waals surface area contributed by atoms with Crippen LogP contribution < -0.4 is 10.1 Å². The van der Waals surface area contributed by atoms with Gasteiger partial charge >= 0.3 is 0 Å². The van der Waals surface area contributed by atoms with Crippen LogP contribution in [0.1, 0.15) is 13.2 Å². The van der Waals surface area contributed by atoms with Gasteiger partial charge in [-0.15, -0.1) is 0 Å². The molecule has 4 rings (SSSR count). The molecule has 1 atom stereocenters. The second-order valence-electron chi connectivity index (χ2n) is 6.14. The molecule has 2 aromatic heterocycles. The lowest BCUT2D eigenvalue weighted by atomic mass is 10.3. The van der Waals surface area contributed by atoms with Gasteiger partial charge in [-0.05, 0) is 49.4 Å². The summed E-state index contributed by atoms with van der Waals surface area (Å²) in [6.07, 6.45) is 2.53. The Labute approximate surface area is 171 Å². The van der Waals surface area contributed by atoms with Gasteiger partial charge in [0.25, 0.3) is 0 Å². The van der Waals surface area contributed by atoms with E-state index in [1.807, 2.05) is 12.1 Å². The van der Waals surface area contributed by atoms with Crippen molar-refractivity contribution in [3.05, 3.63) is 71.1 Å². The quantitative estimate of drug-likeness (QED) is 0.432. The lowest BCUT2D eigenvalue weighted by molar-refractivity contribution is 0.129. The van der Waals surface area contributed by atoms with Gasteiger partial charge in [0.05, 0.1) is 10.5 Å². The van der Waals surface area contributed by atoms with Gasteiger partial charge in [0.1, 0.15) is 29.6 Å². The molecule has 1 unspecified atom stereocenters. The summed E-state index contributed by atoms with van der Waals surface area (Å²) >= 11 is 12.4. The Morgan fingerprint density at radius 1 is 1.11 bits per heavy atom. The van der Waals surface area contributed by atoms with E-state index in [-0.39, 0.29) is 0 Å². The van der Waals surface area contributed by atoms with Gasteiger partial charge in [-0.2, -0.15) is 0 Å². The number of halogens is 2. The third kappa shape index (κ3) is 3.75. The molecule has 0 bridgehead atoms. The first-order valence-corrected chi connectivity index (χ1v) is 9.26. The molecule has 0 amide bonds. The number of aliphatic hydroxyl groups is 1. The lowest BCUT2D eigenvalue weighted by Crippen LogP contribution is -2.05. The van der Waals surface area contributed by atoms with Gasteiger partial charge < -0.3 is 19.7 Å². The van der Waals surface area contributed by atoms with Crippen LogP contribution in [0.25, 0.3) is 11.0 Å². The van der Waals surface area contributed by atoms with E-state index in [0.29, 0.717) is 32.9 Å². The van der Waals surface area contributed by atoms with Gasteiger partial charge in [-0.1, -0.05) is 29.3 Å². The molecule has 4 aromatic rings. The van der Waals surface area contributed by atoms with E-state index in [0.717, 1.165) is 11.2 Å². The van der Waals surface area contributed by atoms with E-state index < -0.39 is 6.23 Å². The zero-order valence-corrected chi connectivity index (χ0v) is 16.3. The van der Waals surface area contributed by atoms with Crippen molar-refractivity contribution in [2.45, 2.75) is 13.2 Å². The van der Waals surface area contributed by atoms with E-state index in [9.17, 15) is 5.11 Å². The number of fused-ring (bicyclic) bond motifs is 1. The number of aromatic nitrogens is 3. The number of rotatable bonds is 5. The first kappa shape index (κ1) is 18.6. The maximum Gasteiger partial charge on any atom is 0.158 e. The number of hydrogen-bond acceptors (Lipinski definition) is 5. The first-order valence-electron chi connectivity index (χ1n) is 8.51. The number of nitrogens with zero attached hydrogens (tertiary/aromatic N) is 3. The van der Waals surface area contributed by atoms with E-state index in [2.05, 4.69) is 15.3 Å². The van der Waals surface area contributed by atoms with Gasteiger partial charge in [0.2, 0.25) is 0 Å². The predicted octanol–water partition coefficient (Wildman–Crippen LogP) is 5.78. The summed E-state index contributed by atoms with van der Waals surface area (Å²) in [7, 11) is 0. The number of anilines is 2. The number of ether oxygens (including phenoxy) is 1. The fourth-order valence-electron chi connectivity index (χ4n) is 2.85. The Bertz CT molecular complexity index is 1140. The minimum Gasteiger partial charge on any atom is -0.456 e. The molecule has 2 heterocycles. The Morgan fingerprint density at radius 3 is 2.71 bits per heavy atom. The summed E-state index contributed by atoms with van der Waals surface area (Å²) in [4.78, 5) is 8.54. The van der Waals surface area contributed by atoms with Crippen LogP contribution in [0.4, 0.5) is 11.5 Å². The highest BCUT2D eigenvalue weighted by molar-refractivity contribution is 6.32. The van der Waals surface area contributed by atoms with Gasteiger partial charge in [0, 0.05) is 16.9 Å². The van der Waals surface area contributed by atoms with Crippen LogP contribution in [-0.2, 0) is 0 Å². The molecule has 0 radical (unpaired) electrons.